The Labute approximate surface area is 361 Å². The van der Waals surface area contributed by atoms with E-state index in [4.69, 9.17) is 11.6 Å². The summed E-state index contributed by atoms with van der Waals surface area (Å²) in [5.41, 5.74) is 4.41. The van der Waals surface area contributed by atoms with Gasteiger partial charge in [-0.3, -0.25) is 19.7 Å². The standard InChI is InChI=1S/C44H47ClN8O6S2/c1-50(2)21-9-12-35(30-60(56,57)37-13-7-4-8-14-37)48-41-20-17-38(28-43(41)53(54)55)61(58,59)49-44-40-19-16-36(27-42(40)46-31-47-44)52-24-22-51(23-25-52)29-33-26-34(45)15-18-39(33)32-10-5-3-6-11-32/h3-8,10-11,13-20,26-28,31,35,48H,9,12,21-25,29-30H2,1-2H3,(H,46,47,49). The summed E-state index contributed by atoms with van der Waals surface area (Å²) in [6, 6.07) is 32.7. The van der Waals surface area contributed by atoms with Crippen LogP contribution in [0.2, 0.25) is 5.02 Å². The lowest BCUT2D eigenvalue weighted by Gasteiger charge is -2.36. The number of aromatic nitrogens is 2. The summed E-state index contributed by atoms with van der Waals surface area (Å²) in [5, 5.41) is 16.6. The molecule has 17 heteroatoms. The number of nitrogens with zero attached hydrogens (tertiary/aromatic N) is 6. The smallest absolute Gasteiger partial charge is 0.293 e. The molecule has 1 fully saturated rings. The Morgan fingerprint density at radius 1 is 0.836 bits per heavy atom. The maximum Gasteiger partial charge on any atom is 0.293 e. The summed E-state index contributed by atoms with van der Waals surface area (Å²) in [6.45, 7) is 4.59. The summed E-state index contributed by atoms with van der Waals surface area (Å²) >= 11 is 6.42. The predicted octanol–water partition coefficient (Wildman–Crippen LogP) is 7.58. The molecule has 1 aliphatic heterocycles. The lowest BCUT2D eigenvalue weighted by Crippen LogP contribution is -2.46. The highest BCUT2D eigenvalue weighted by atomic mass is 35.5. The summed E-state index contributed by atoms with van der Waals surface area (Å²) in [4.78, 5) is 26.7. The van der Waals surface area contributed by atoms with E-state index in [1.165, 1.54) is 36.2 Å². The van der Waals surface area contributed by atoms with Crippen molar-refractivity contribution in [1.29, 1.82) is 0 Å². The lowest BCUT2D eigenvalue weighted by atomic mass is 9.99. The van der Waals surface area contributed by atoms with Gasteiger partial charge in [-0.05, 0) is 105 Å². The number of nitrogens with one attached hydrogen (secondary N) is 2. The average Bonchev–Trinajstić information content (AvgIpc) is 3.24. The van der Waals surface area contributed by atoms with Crippen molar-refractivity contribution in [2.75, 3.05) is 67.5 Å². The van der Waals surface area contributed by atoms with Crippen molar-refractivity contribution >= 4 is 65.2 Å². The van der Waals surface area contributed by atoms with Crippen molar-refractivity contribution in [2.24, 2.45) is 0 Å². The maximum atomic E-state index is 13.8. The van der Waals surface area contributed by atoms with Crippen LogP contribution >= 0.6 is 11.6 Å². The maximum absolute atomic E-state index is 13.8. The fourth-order valence-corrected chi connectivity index (χ4v) is 10.3. The van der Waals surface area contributed by atoms with Crippen LogP contribution in [0, 0.1) is 10.1 Å². The molecule has 14 nitrogen and oxygen atoms in total. The quantitative estimate of drug-likeness (QED) is 0.0681. The minimum absolute atomic E-state index is 0.00399. The predicted molar refractivity (Wildman–Crippen MR) is 242 cm³/mol. The first-order valence-corrected chi connectivity index (χ1v) is 23.3. The molecule has 1 aromatic heterocycles. The van der Waals surface area contributed by atoms with Crippen molar-refractivity contribution in [2.45, 2.75) is 35.2 Å². The molecule has 1 aliphatic rings. The van der Waals surface area contributed by atoms with Gasteiger partial charge in [-0.25, -0.2) is 26.8 Å². The van der Waals surface area contributed by atoms with Gasteiger partial charge < -0.3 is 15.1 Å². The zero-order chi connectivity index (χ0) is 43.1. The highest BCUT2D eigenvalue weighted by Gasteiger charge is 2.27. The SMILES string of the molecule is CN(C)CCCC(CS(=O)(=O)c1ccccc1)Nc1ccc(S(=O)(=O)Nc2ncnc3cc(N4CCN(Cc5cc(Cl)ccc5-c5ccccc5)CC4)ccc23)cc1[N+](=O)[O-]. The van der Waals surface area contributed by atoms with Crippen LogP contribution in [0.15, 0.2) is 131 Å². The third-order valence-corrected chi connectivity index (χ3v) is 14.1. The number of nitro groups is 1. The number of anilines is 3. The molecule has 7 rings (SSSR count). The summed E-state index contributed by atoms with van der Waals surface area (Å²) in [7, 11) is -4.33. The normalized spacial score (nSPS) is 14.3. The lowest BCUT2D eigenvalue weighted by molar-refractivity contribution is -0.384. The van der Waals surface area contributed by atoms with E-state index in [2.05, 4.69) is 48.0 Å². The minimum atomic E-state index is -4.38. The van der Waals surface area contributed by atoms with Gasteiger partial charge in [0.05, 0.1) is 26.0 Å². The molecule has 61 heavy (non-hydrogen) atoms. The second-order valence-electron chi connectivity index (χ2n) is 15.3. The molecule has 2 heterocycles. The summed E-state index contributed by atoms with van der Waals surface area (Å²) in [6.07, 6.45) is 2.28. The van der Waals surface area contributed by atoms with Crippen LogP contribution in [0.3, 0.4) is 0 Å². The Kier molecular flexibility index (Phi) is 13.5. The fourth-order valence-electron chi connectivity index (χ4n) is 7.52. The molecule has 1 atom stereocenters. The van der Waals surface area contributed by atoms with Crippen LogP contribution in [0.1, 0.15) is 18.4 Å². The first kappa shape index (κ1) is 43.4. The van der Waals surface area contributed by atoms with Gasteiger partial charge in [-0.15, -0.1) is 0 Å². The van der Waals surface area contributed by atoms with Crippen molar-refractivity contribution < 1.29 is 21.8 Å². The molecule has 318 valence electrons. The van der Waals surface area contributed by atoms with E-state index in [0.717, 1.165) is 55.6 Å². The van der Waals surface area contributed by atoms with E-state index in [1.54, 1.807) is 24.3 Å². The highest BCUT2D eigenvalue weighted by molar-refractivity contribution is 7.92. The molecule has 0 saturated carbocycles. The molecule has 2 N–H and O–H groups in total. The van der Waals surface area contributed by atoms with Crippen LogP contribution in [0.25, 0.3) is 22.0 Å². The number of hydrogen-bond acceptors (Lipinski definition) is 12. The largest absolute Gasteiger partial charge is 0.376 e. The van der Waals surface area contributed by atoms with E-state index >= 15 is 0 Å². The highest BCUT2D eigenvalue weighted by Crippen LogP contribution is 2.33. The molecule has 0 radical (unpaired) electrons. The zero-order valence-corrected chi connectivity index (χ0v) is 36.2. The monoisotopic (exact) mass is 882 g/mol. The molecular weight excluding hydrogens is 836 g/mol. The van der Waals surface area contributed by atoms with Gasteiger partial charge in [0.25, 0.3) is 15.7 Å². The van der Waals surface area contributed by atoms with Gasteiger partial charge in [0.2, 0.25) is 0 Å². The third kappa shape index (κ3) is 10.8. The summed E-state index contributed by atoms with van der Waals surface area (Å²) < 4.78 is 56.7. The Balaban J connectivity index is 1.04. The van der Waals surface area contributed by atoms with Crippen LogP contribution < -0.4 is 14.9 Å². The van der Waals surface area contributed by atoms with Crippen molar-refractivity contribution in [3.05, 3.63) is 142 Å². The molecule has 0 aliphatic carbocycles. The Hall–Kier alpha value is -5.65. The van der Waals surface area contributed by atoms with Crippen LogP contribution in [0.4, 0.5) is 22.9 Å². The molecule has 5 aromatic carbocycles. The molecule has 1 saturated heterocycles. The molecular formula is C44H47ClN8O6S2. The second kappa shape index (κ2) is 19.0. The second-order valence-corrected chi connectivity index (χ2v) is 19.4. The Morgan fingerprint density at radius 2 is 1.56 bits per heavy atom. The summed E-state index contributed by atoms with van der Waals surface area (Å²) in [5.74, 6) is -0.295. The first-order valence-electron chi connectivity index (χ1n) is 19.8. The van der Waals surface area contributed by atoms with Gasteiger partial charge in [0, 0.05) is 60.9 Å². The van der Waals surface area contributed by atoms with E-state index in [9.17, 15) is 26.9 Å². The van der Waals surface area contributed by atoms with E-state index < -0.39 is 36.5 Å². The van der Waals surface area contributed by atoms with Crippen molar-refractivity contribution in [1.82, 2.24) is 19.8 Å². The van der Waals surface area contributed by atoms with Gasteiger partial charge in [-0.1, -0.05) is 66.2 Å². The Morgan fingerprint density at radius 3 is 2.26 bits per heavy atom. The minimum Gasteiger partial charge on any atom is -0.376 e. The molecule has 1 unspecified atom stereocenters. The van der Waals surface area contributed by atoms with Crippen molar-refractivity contribution in [3.63, 3.8) is 0 Å². The number of fused-ring (bicyclic) bond motifs is 1. The number of rotatable bonds is 17. The van der Waals surface area contributed by atoms with Gasteiger partial charge in [0.1, 0.15) is 12.0 Å². The first-order chi connectivity index (χ1) is 29.3. The van der Waals surface area contributed by atoms with Crippen LogP contribution in [0.5, 0.6) is 0 Å². The molecule has 6 aromatic rings. The number of halogens is 1. The number of benzene rings is 5. The number of piperazine rings is 1. The topological polar surface area (TPSA) is 171 Å². The number of sulfonamides is 1. The number of nitro benzene ring substituents is 1. The van der Waals surface area contributed by atoms with Gasteiger partial charge >= 0.3 is 0 Å². The molecule has 0 bridgehead atoms. The van der Waals surface area contributed by atoms with Crippen LogP contribution in [-0.2, 0) is 26.4 Å². The van der Waals surface area contributed by atoms with Gasteiger partial charge in [-0.2, -0.15) is 0 Å². The fraction of sp³-hybridized carbons (Fsp3) is 0.273. The van der Waals surface area contributed by atoms with Gasteiger partial charge in [0.15, 0.2) is 15.7 Å². The Bertz CT molecular complexity index is 2720. The van der Waals surface area contributed by atoms with Crippen molar-refractivity contribution in [3.8, 4) is 11.1 Å². The zero-order valence-electron chi connectivity index (χ0n) is 33.8. The third-order valence-electron chi connectivity index (χ3n) is 10.7. The van der Waals surface area contributed by atoms with Crippen LogP contribution in [-0.4, -0.2) is 100 Å². The average molecular weight is 883 g/mol. The number of hydrogen-bond donors (Lipinski definition) is 2. The van der Waals surface area contributed by atoms with E-state index in [0.29, 0.717) is 35.3 Å². The molecule has 0 amide bonds. The molecule has 0 spiro atoms. The van der Waals surface area contributed by atoms with E-state index in [-0.39, 0.29) is 27.0 Å². The number of sulfone groups is 1. The van der Waals surface area contributed by atoms with E-state index in [1.807, 2.05) is 61.5 Å².